The molecule has 0 bridgehead atoms. The Labute approximate surface area is 146 Å². The van der Waals surface area contributed by atoms with Gasteiger partial charge < -0.3 is 4.42 Å². The minimum Gasteiger partial charge on any atom is -0.419 e. The molecule has 1 aromatic heterocycles. The summed E-state index contributed by atoms with van der Waals surface area (Å²) in [5, 5.41) is 18.9. The first-order valence-electron chi connectivity index (χ1n) is 7.57. The Morgan fingerprint density at radius 2 is 1.77 bits per heavy atom. The molecule has 0 saturated heterocycles. The van der Waals surface area contributed by atoms with Crippen LogP contribution in [0.15, 0.2) is 52.9 Å². The number of nitro benzene ring substituents is 1. The number of hydrogen-bond acceptors (Lipinski definition) is 7. The van der Waals surface area contributed by atoms with Crippen LogP contribution in [0.1, 0.15) is 26.6 Å². The molecule has 9 heteroatoms. The van der Waals surface area contributed by atoms with E-state index in [1.165, 1.54) is 18.2 Å². The van der Waals surface area contributed by atoms with Gasteiger partial charge in [-0.25, -0.2) is 0 Å². The van der Waals surface area contributed by atoms with E-state index in [1.54, 1.807) is 12.1 Å². The monoisotopic (exact) mass is 350 g/mol. The van der Waals surface area contributed by atoms with Crippen LogP contribution in [0.4, 0.5) is 5.69 Å². The van der Waals surface area contributed by atoms with Gasteiger partial charge >= 0.3 is 0 Å². The summed E-state index contributed by atoms with van der Waals surface area (Å²) in [5.74, 6) is -1.07. The molecule has 0 fully saturated rings. The molecule has 0 spiro atoms. The molecule has 0 saturated carbocycles. The molecule has 1 aliphatic rings. The average Bonchev–Trinajstić information content (AvgIpc) is 3.22. The van der Waals surface area contributed by atoms with Crippen molar-refractivity contribution in [3.05, 3.63) is 75.7 Å². The van der Waals surface area contributed by atoms with Crippen LogP contribution in [0.2, 0.25) is 0 Å². The molecule has 26 heavy (non-hydrogen) atoms. The lowest BCUT2D eigenvalue weighted by Gasteiger charge is -2.10. The zero-order valence-electron chi connectivity index (χ0n) is 13.2. The number of aromatic nitrogens is 2. The first-order chi connectivity index (χ1) is 12.6. The summed E-state index contributed by atoms with van der Waals surface area (Å²) in [5.41, 5.74) is 0.0698. The highest BCUT2D eigenvalue weighted by atomic mass is 16.6. The van der Waals surface area contributed by atoms with Crippen LogP contribution in [-0.2, 0) is 6.54 Å². The fourth-order valence-electron chi connectivity index (χ4n) is 2.76. The van der Waals surface area contributed by atoms with E-state index in [9.17, 15) is 19.7 Å². The largest absolute Gasteiger partial charge is 0.419 e. The van der Waals surface area contributed by atoms with Gasteiger partial charge in [0.15, 0.2) is 0 Å². The highest BCUT2D eigenvalue weighted by Crippen LogP contribution is 2.31. The summed E-state index contributed by atoms with van der Waals surface area (Å²) in [6.07, 6.45) is 0. The zero-order valence-corrected chi connectivity index (χ0v) is 13.2. The smallest absolute Gasteiger partial charge is 0.282 e. The highest BCUT2D eigenvalue weighted by molar-refractivity contribution is 6.23. The zero-order chi connectivity index (χ0) is 18.3. The quantitative estimate of drug-likeness (QED) is 0.402. The van der Waals surface area contributed by atoms with Crippen LogP contribution in [0, 0.1) is 10.1 Å². The Bertz CT molecular complexity index is 1040. The molecule has 0 unspecified atom stereocenters. The highest BCUT2D eigenvalue weighted by Gasteiger charge is 2.41. The maximum atomic E-state index is 12.5. The number of nitrogens with zero attached hydrogens (tertiary/aromatic N) is 4. The molecule has 0 radical (unpaired) electrons. The molecule has 2 amide bonds. The third kappa shape index (κ3) is 2.42. The minimum absolute atomic E-state index is 0.00741. The predicted molar refractivity (Wildman–Crippen MR) is 87.0 cm³/mol. The van der Waals surface area contributed by atoms with Gasteiger partial charge in [-0.3, -0.25) is 24.6 Å². The number of amides is 2. The van der Waals surface area contributed by atoms with Crippen molar-refractivity contribution in [3.8, 4) is 11.5 Å². The molecule has 2 aromatic carbocycles. The molecular formula is C17H10N4O5. The molecule has 9 nitrogen and oxygen atoms in total. The Hall–Kier alpha value is -3.88. The van der Waals surface area contributed by atoms with Crippen LogP contribution in [0.5, 0.6) is 0 Å². The van der Waals surface area contributed by atoms with Gasteiger partial charge in [0, 0.05) is 11.6 Å². The maximum absolute atomic E-state index is 12.5. The summed E-state index contributed by atoms with van der Waals surface area (Å²) in [6, 6.07) is 13.0. The summed E-state index contributed by atoms with van der Waals surface area (Å²) >= 11 is 0. The molecule has 2 heterocycles. The van der Waals surface area contributed by atoms with E-state index in [1.807, 2.05) is 18.2 Å². The minimum atomic E-state index is -0.753. The summed E-state index contributed by atoms with van der Waals surface area (Å²) < 4.78 is 5.50. The van der Waals surface area contributed by atoms with Crippen molar-refractivity contribution in [3.63, 3.8) is 0 Å². The van der Waals surface area contributed by atoms with Crippen LogP contribution >= 0.6 is 0 Å². The number of hydrogen-bond donors (Lipinski definition) is 0. The summed E-state index contributed by atoms with van der Waals surface area (Å²) in [6.45, 7) is -0.261. The van der Waals surface area contributed by atoms with Crippen molar-refractivity contribution in [2.75, 3.05) is 0 Å². The van der Waals surface area contributed by atoms with Crippen molar-refractivity contribution in [2.45, 2.75) is 6.54 Å². The van der Waals surface area contributed by atoms with Crippen LogP contribution < -0.4 is 0 Å². The lowest BCUT2D eigenvalue weighted by molar-refractivity contribution is -0.385. The second-order valence-electron chi connectivity index (χ2n) is 5.52. The predicted octanol–water partition coefficient (Wildman–Crippen LogP) is 2.44. The third-order valence-corrected chi connectivity index (χ3v) is 3.95. The van der Waals surface area contributed by atoms with E-state index in [0.29, 0.717) is 5.56 Å². The Morgan fingerprint density at radius 3 is 2.50 bits per heavy atom. The SMILES string of the molecule is O=C1c2cccc([N+](=O)[O-])c2C(=O)N1Cc1nnc(-c2ccccc2)o1. The van der Waals surface area contributed by atoms with Gasteiger partial charge in [-0.1, -0.05) is 24.3 Å². The number of imide groups is 1. The van der Waals surface area contributed by atoms with E-state index in [2.05, 4.69) is 10.2 Å². The number of rotatable bonds is 4. The Morgan fingerprint density at radius 1 is 1.00 bits per heavy atom. The molecule has 3 aromatic rings. The maximum Gasteiger partial charge on any atom is 0.282 e. The molecule has 0 atom stereocenters. The average molecular weight is 350 g/mol. The van der Waals surface area contributed by atoms with Gasteiger partial charge in [0.25, 0.3) is 17.5 Å². The standard InChI is InChI=1S/C17H10N4O5/c22-16-11-7-4-8-12(21(24)25)14(11)17(23)20(16)9-13-18-19-15(26-13)10-5-2-1-3-6-10/h1-8H,9H2. The molecule has 1 aliphatic heterocycles. The van der Waals surface area contributed by atoms with Gasteiger partial charge in [0.2, 0.25) is 11.8 Å². The van der Waals surface area contributed by atoms with Crippen molar-refractivity contribution in [1.82, 2.24) is 15.1 Å². The molecule has 0 N–H and O–H groups in total. The summed E-state index contributed by atoms with van der Waals surface area (Å²) in [4.78, 5) is 36.3. The fraction of sp³-hybridized carbons (Fsp3) is 0.0588. The van der Waals surface area contributed by atoms with Gasteiger partial charge in [-0.2, -0.15) is 0 Å². The second kappa shape index (κ2) is 5.88. The van der Waals surface area contributed by atoms with E-state index in [-0.39, 0.29) is 29.5 Å². The van der Waals surface area contributed by atoms with Crippen LogP contribution in [-0.4, -0.2) is 31.8 Å². The van der Waals surface area contributed by atoms with E-state index >= 15 is 0 Å². The van der Waals surface area contributed by atoms with Crippen molar-refractivity contribution >= 4 is 17.5 Å². The lowest BCUT2D eigenvalue weighted by atomic mass is 10.1. The summed E-state index contributed by atoms with van der Waals surface area (Å²) in [7, 11) is 0. The van der Waals surface area contributed by atoms with E-state index < -0.39 is 22.4 Å². The van der Waals surface area contributed by atoms with Crippen molar-refractivity contribution in [2.24, 2.45) is 0 Å². The number of benzene rings is 2. The van der Waals surface area contributed by atoms with Crippen LogP contribution in [0.25, 0.3) is 11.5 Å². The van der Waals surface area contributed by atoms with Crippen molar-refractivity contribution < 1.29 is 18.9 Å². The Kier molecular flexibility index (Phi) is 3.54. The number of nitro groups is 1. The van der Waals surface area contributed by atoms with Crippen LogP contribution in [0.3, 0.4) is 0 Å². The van der Waals surface area contributed by atoms with Gasteiger partial charge in [0.1, 0.15) is 12.1 Å². The number of carbonyl (C=O) groups excluding carboxylic acids is 2. The van der Waals surface area contributed by atoms with E-state index in [0.717, 1.165) is 4.90 Å². The topological polar surface area (TPSA) is 119 Å². The molecule has 128 valence electrons. The van der Waals surface area contributed by atoms with Gasteiger partial charge in [0.05, 0.1) is 10.5 Å². The Balaban J connectivity index is 1.63. The van der Waals surface area contributed by atoms with Gasteiger partial charge in [-0.05, 0) is 18.2 Å². The molecule has 4 rings (SSSR count). The van der Waals surface area contributed by atoms with E-state index in [4.69, 9.17) is 4.42 Å². The van der Waals surface area contributed by atoms with Crippen molar-refractivity contribution in [1.29, 1.82) is 0 Å². The normalized spacial score (nSPS) is 13.2. The number of fused-ring (bicyclic) bond motifs is 1. The third-order valence-electron chi connectivity index (χ3n) is 3.95. The first-order valence-corrected chi connectivity index (χ1v) is 7.57. The number of carbonyl (C=O) groups is 2. The molecule has 0 aliphatic carbocycles. The second-order valence-corrected chi connectivity index (χ2v) is 5.52. The lowest BCUT2D eigenvalue weighted by Crippen LogP contribution is -2.29. The van der Waals surface area contributed by atoms with Gasteiger partial charge in [-0.15, -0.1) is 10.2 Å². The molecular weight excluding hydrogens is 340 g/mol. The first kappa shape index (κ1) is 15.6. The fourth-order valence-corrected chi connectivity index (χ4v) is 2.76.